The summed E-state index contributed by atoms with van der Waals surface area (Å²) in [6.45, 7) is 0. The third-order valence-corrected chi connectivity index (χ3v) is 10.4. The van der Waals surface area contributed by atoms with Crippen LogP contribution in [0.3, 0.4) is 0 Å². The topological polar surface area (TPSA) is 0 Å². The van der Waals surface area contributed by atoms with Crippen LogP contribution in [0.5, 0.6) is 0 Å². The highest BCUT2D eigenvalue weighted by Crippen LogP contribution is 2.26. The van der Waals surface area contributed by atoms with E-state index in [2.05, 4.69) is 97.1 Å². The molecule has 0 radical (unpaired) electrons. The van der Waals surface area contributed by atoms with E-state index in [0.29, 0.717) is 0 Å². The quantitative estimate of drug-likeness (QED) is 0.493. The van der Waals surface area contributed by atoms with Crippen LogP contribution in [0.15, 0.2) is 102 Å². The summed E-state index contributed by atoms with van der Waals surface area (Å²) in [7, 11) is -2.16. The first-order valence-electron chi connectivity index (χ1n) is 9.28. The highest BCUT2D eigenvalue weighted by Gasteiger charge is 2.42. The Labute approximate surface area is 151 Å². The lowest BCUT2D eigenvalue weighted by molar-refractivity contribution is 0.719. The van der Waals surface area contributed by atoms with E-state index in [1.807, 2.05) is 0 Å². The van der Waals surface area contributed by atoms with E-state index >= 15 is 0 Å². The Hall–Kier alpha value is -2.38. The van der Waals surface area contributed by atoms with Crippen LogP contribution in [-0.4, -0.2) is 8.07 Å². The van der Waals surface area contributed by atoms with Crippen molar-refractivity contribution in [3.63, 3.8) is 0 Å². The van der Waals surface area contributed by atoms with E-state index in [1.54, 1.807) is 5.20 Å². The van der Waals surface area contributed by atoms with Crippen molar-refractivity contribution in [2.45, 2.75) is 25.7 Å². The third kappa shape index (κ3) is 2.89. The molecule has 0 spiro atoms. The van der Waals surface area contributed by atoms with Gasteiger partial charge in [0, 0.05) is 0 Å². The second-order valence-corrected chi connectivity index (χ2v) is 10.7. The van der Waals surface area contributed by atoms with Gasteiger partial charge in [0.25, 0.3) is 0 Å². The van der Waals surface area contributed by atoms with Gasteiger partial charge in [-0.25, -0.2) is 0 Å². The smallest absolute Gasteiger partial charge is 0.0882 e. The largest absolute Gasteiger partial charge is 0.175 e. The molecular formula is C24H24Si. The van der Waals surface area contributed by atoms with E-state index in [1.165, 1.54) is 41.2 Å². The van der Waals surface area contributed by atoms with Gasteiger partial charge in [-0.2, -0.15) is 0 Å². The average molecular weight is 341 g/mol. The minimum atomic E-state index is -2.16. The molecule has 0 fully saturated rings. The molecule has 124 valence electrons. The molecule has 3 aromatic carbocycles. The van der Waals surface area contributed by atoms with Crippen LogP contribution in [0.2, 0.25) is 0 Å². The zero-order valence-corrected chi connectivity index (χ0v) is 15.6. The minimum absolute atomic E-state index is 1.22. The maximum atomic E-state index is 2.56. The molecule has 0 aromatic heterocycles. The van der Waals surface area contributed by atoms with E-state index in [0.717, 1.165) is 0 Å². The van der Waals surface area contributed by atoms with Crippen LogP contribution < -0.4 is 15.6 Å². The first-order valence-corrected chi connectivity index (χ1v) is 11.3. The van der Waals surface area contributed by atoms with E-state index < -0.39 is 8.07 Å². The van der Waals surface area contributed by atoms with Gasteiger partial charge >= 0.3 is 0 Å². The molecular weight excluding hydrogens is 316 g/mol. The molecule has 0 unspecified atom stereocenters. The molecule has 0 amide bonds. The summed E-state index contributed by atoms with van der Waals surface area (Å²) in [5, 5.41) is 6.18. The summed E-state index contributed by atoms with van der Waals surface area (Å²) < 4.78 is 0. The lowest BCUT2D eigenvalue weighted by Crippen LogP contribution is -2.68. The summed E-state index contributed by atoms with van der Waals surface area (Å²) in [4.78, 5) is 0. The lowest BCUT2D eigenvalue weighted by atomic mass is 10.1. The molecule has 3 aromatic rings. The maximum Gasteiger partial charge on any atom is 0.175 e. The summed E-state index contributed by atoms with van der Waals surface area (Å²) in [5.74, 6) is 0. The Morgan fingerprint density at radius 1 is 0.520 bits per heavy atom. The molecule has 1 aliphatic carbocycles. The molecule has 4 rings (SSSR count). The summed E-state index contributed by atoms with van der Waals surface area (Å²) >= 11 is 0. The molecule has 25 heavy (non-hydrogen) atoms. The van der Waals surface area contributed by atoms with Gasteiger partial charge in [0.1, 0.15) is 0 Å². The highest BCUT2D eigenvalue weighted by molar-refractivity contribution is 7.16. The SMILES string of the molecule is C1=C([Si](c2ccccc2)(c2ccccc2)c2ccccc2)CCCC1. The first-order chi connectivity index (χ1) is 12.4. The van der Waals surface area contributed by atoms with Crippen molar-refractivity contribution in [2.24, 2.45) is 0 Å². The van der Waals surface area contributed by atoms with Crippen molar-refractivity contribution in [3.8, 4) is 0 Å². The van der Waals surface area contributed by atoms with Gasteiger partial charge < -0.3 is 0 Å². The van der Waals surface area contributed by atoms with Crippen LogP contribution in [0.1, 0.15) is 25.7 Å². The normalized spacial score (nSPS) is 14.8. The molecule has 1 aliphatic rings. The first kappa shape index (κ1) is 16.1. The fraction of sp³-hybridized carbons (Fsp3) is 0.167. The number of allylic oxidation sites excluding steroid dienone is 2. The van der Waals surface area contributed by atoms with Crippen molar-refractivity contribution in [3.05, 3.63) is 102 Å². The second kappa shape index (κ2) is 7.24. The molecule has 1 heteroatoms. The molecule has 0 nitrogen and oxygen atoms in total. The number of hydrogen-bond donors (Lipinski definition) is 0. The molecule has 0 saturated heterocycles. The van der Waals surface area contributed by atoms with Gasteiger partial charge in [-0.05, 0) is 41.2 Å². The maximum absolute atomic E-state index is 2.56. The van der Waals surface area contributed by atoms with E-state index in [4.69, 9.17) is 0 Å². The summed E-state index contributed by atoms with van der Waals surface area (Å²) in [5.41, 5.74) is 0. The Kier molecular flexibility index (Phi) is 4.67. The Morgan fingerprint density at radius 2 is 0.960 bits per heavy atom. The molecule has 0 aliphatic heterocycles. The van der Waals surface area contributed by atoms with Crippen molar-refractivity contribution in [2.75, 3.05) is 0 Å². The van der Waals surface area contributed by atoms with Gasteiger partial charge in [-0.1, -0.05) is 102 Å². The molecule has 0 atom stereocenters. The van der Waals surface area contributed by atoms with Crippen LogP contribution in [0.4, 0.5) is 0 Å². The molecule has 0 bridgehead atoms. The predicted octanol–water partition coefficient (Wildman–Crippen LogP) is 4.20. The minimum Gasteiger partial charge on any atom is -0.0882 e. The number of hydrogen-bond acceptors (Lipinski definition) is 0. The highest BCUT2D eigenvalue weighted by atomic mass is 28.3. The second-order valence-electron chi connectivity index (χ2n) is 6.82. The zero-order chi connectivity index (χ0) is 17.0. The van der Waals surface area contributed by atoms with E-state index in [-0.39, 0.29) is 0 Å². The standard InChI is InChI=1S/C24H24Si/c1-5-13-21(14-6-1)25(22-15-7-2-8-16-22,23-17-9-3-10-18-23)24-19-11-4-12-20-24/h1-3,5-10,13-19H,4,11-12,20H2. The summed E-state index contributed by atoms with van der Waals surface area (Å²) in [6, 6.07) is 33.7. The fourth-order valence-electron chi connectivity index (χ4n) is 4.30. The van der Waals surface area contributed by atoms with Gasteiger partial charge in [0.05, 0.1) is 0 Å². The van der Waals surface area contributed by atoms with Crippen LogP contribution in [0, 0.1) is 0 Å². The lowest BCUT2D eigenvalue weighted by Gasteiger charge is -2.37. The van der Waals surface area contributed by atoms with Gasteiger partial charge in [-0.3, -0.25) is 0 Å². The Morgan fingerprint density at radius 3 is 1.32 bits per heavy atom. The van der Waals surface area contributed by atoms with Crippen LogP contribution in [0.25, 0.3) is 0 Å². The number of rotatable bonds is 4. The third-order valence-electron chi connectivity index (χ3n) is 5.39. The molecule has 0 saturated carbocycles. The molecule has 0 N–H and O–H groups in total. The Balaban J connectivity index is 2.06. The average Bonchev–Trinajstić information content (AvgIpc) is 2.72. The van der Waals surface area contributed by atoms with Crippen molar-refractivity contribution in [1.82, 2.24) is 0 Å². The van der Waals surface area contributed by atoms with Crippen molar-refractivity contribution >= 4 is 23.6 Å². The number of benzene rings is 3. The zero-order valence-electron chi connectivity index (χ0n) is 14.6. The Bertz CT molecular complexity index is 738. The van der Waals surface area contributed by atoms with Gasteiger partial charge in [0.15, 0.2) is 8.07 Å². The van der Waals surface area contributed by atoms with Crippen LogP contribution in [-0.2, 0) is 0 Å². The van der Waals surface area contributed by atoms with Crippen molar-refractivity contribution < 1.29 is 0 Å². The molecule has 0 heterocycles. The van der Waals surface area contributed by atoms with E-state index in [9.17, 15) is 0 Å². The van der Waals surface area contributed by atoms with Crippen LogP contribution >= 0.6 is 0 Å². The van der Waals surface area contributed by atoms with Gasteiger partial charge in [-0.15, -0.1) is 0 Å². The van der Waals surface area contributed by atoms with Gasteiger partial charge in [0.2, 0.25) is 0 Å². The fourth-order valence-corrected chi connectivity index (χ4v) is 9.49. The predicted molar refractivity (Wildman–Crippen MR) is 111 cm³/mol. The summed E-state index contributed by atoms with van der Waals surface area (Å²) in [6.07, 6.45) is 7.64. The monoisotopic (exact) mass is 340 g/mol. The van der Waals surface area contributed by atoms with Crippen molar-refractivity contribution in [1.29, 1.82) is 0 Å².